The van der Waals surface area contributed by atoms with Gasteiger partial charge in [0.2, 0.25) is 5.91 Å². The molecule has 1 aliphatic rings. The second kappa shape index (κ2) is 10.9. The molecule has 1 aromatic heterocycles. The lowest BCUT2D eigenvalue weighted by molar-refractivity contribution is -0.136. The molecule has 1 atom stereocenters. The third kappa shape index (κ3) is 5.37. The quantitative estimate of drug-likeness (QED) is 0.393. The maximum atomic E-state index is 13.4. The van der Waals surface area contributed by atoms with Gasteiger partial charge in [0.25, 0.3) is 5.56 Å². The number of halogens is 1. The largest absolute Gasteiger partial charge is 0.338 e. The molecule has 0 N–H and O–H groups in total. The average Bonchev–Trinajstić information content (AvgIpc) is 2.95. The summed E-state index contributed by atoms with van der Waals surface area (Å²) < 4.78 is 14.6. The SMILES string of the molecule is CC(C(=O)N1CCN(C(c2ccccc2)c2ccccc2)CC1)n1nc(-c2ccc(F)cc2)ccc1=O. The van der Waals surface area contributed by atoms with Crippen molar-refractivity contribution in [3.8, 4) is 11.3 Å². The van der Waals surface area contributed by atoms with E-state index in [9.17, 15) is 14.0 Å². The lowest BCUT2D eigenvalue weighted by Gasteiger charge is -2.40. The van der Waals surface area contributed by atoms with Gasteiger partial charge in [-0.3, -0.25) is 14.5 Å². The molecule has 2 heterocycles. The molecule has 1 aliphatic heterocycles. The van der Waals surface area contributed by atoms with E-state index in [0.29, 0.717) is 37.4 Å². The van der Waals surface area contributed by atoms with Crippen molar-refractivity contribution in [2.24, 2.45) is 0 Å². The Balaban J connectivity index is 1.31. The highest BCUT2D eigenvalue weighted by atomic mass is 19.1. The van der Waals surface area contributed by atoms with Crippen LogP contribution in [0.1, 0.15) is 30.1 Å². The maximum absolute atomic E-state index is 13.4. The van der Waals surface area contributed by atoms with Crippen molar-refractivity contribution in [3.63, 3.8) is 0 Å². The molecule has 1 fully saturated rings. The molecule has 1 saturated heterocycles. The van der Waals surface area contributed by atoms with E-state index in [4.69, 9.17) is 0 Å². The van der Waals surface area contributed by atoms with Gasteiger partial charge in [0.1, 0.15) is 11.9 Å². The summed E-state index contributed by atoms with van der Waals surface area (Å²) in [5.74, 6) is -0.483. The summed E-state index contributed by atoms with van der Waals surface area (Å²) in [7, 11) is 0. The molecule has 0 spiro atoms. The molecule has 3 aromatic carbocycles. The third-order valence-electron chi connectivity index (χ3n) is 6.91. The van der Waals surface area contributed by atoms with Crippen molar-refractivity contribution in [3.05, 3.63) is 124 Å². The molecule has 7 heteroatoms. The molecular weight excluding hydrogens is 467 g/mol. The lowest BCUT2D eigenvalue weighted by atomic mass is 9.96. The highest BCUT2D eigenvalue weighted by molar-refractivity contribution is 5.80. The number of nitrogens with zero attached hydrogens (tertiary/aromatic N) is 4. The highest BCUT2D eigenvalue weighted by Gasteiger charge is 2.31. The van der Waals surface area contributed by atoms with Crippen LogP contribution in [0.15, 0.2) is 102 Å². The van der Waals surface area contributed by atoms with Gasteiger partial charge in [0.05, 0.1) is 11.7 Å². The van der Waals surface area contributed by atoms with Crippen LogP contribution in [0.3, 0.4) is 0 Å². The monoisotopic (exact) mass is 496 g/mol. The number of piperazine rings is 1. The van der Waals surface area contributed by atoms with E-state index in [1.165, 1.54) is 34.0 Å². The molecule has 4 aromatic rings. The van der Waals surface area contributed by atoms with Gasteiger partial charge in [-0.15, -0.1) is 0 Å². The van der Waals surface area contributed by atoms with Crippen LogP contribution in [0.4, 0.5) is 4.39 Å². The summed E-state index contributed by atoms with van der Waals surface area (Å²) in [5.41, 5.74) is 3.28. The van der Waals surface area contributed by atoms with Crippen molar-refractivity contribution >= 4 is 5.91 Å². The zero-order valence-electron chi connectivity index (χ0n) is 20.7. The first-order valence-electron chi connectivity index (χ1n) is 12.5. The number of aromatic nitrogens is 2. The van der Waals surface area contributed by atoms with Crippen LogP contribution in [0.5, 0.6) is 0 Å². The predicted octanol–water partition coefficient (Wildman–Crippen LogP) is 4.54. The second-order valence-electron chi connectivity index (χ2n) is 9.27. The van der Waals surface area contributed by atoms with Crippen LogP contribution in [0.25, 0.3) is 11.3 Å². The number of hydrogen-bond donors (Lipinski definition) is 0. The van der Waals surface area contributed by atoms with Crippen LogP contribution >= 0.6 is 0 Å². The summed E-state index contributed by atoms with van der Waals surface area (Å²) in [5, 5.41) is 4.43. The van der Waals surface area contributed by atoms with Gasteiger partial charge in [-0.25, -0.2) is 9.07 Å². The van der Waals surface area contributed by atoms with E-state index in [1.807, 2.05) is 17.0 Å². The number of carbonyl (C=O) groups is 1. The van der Waals surface area contributed by atoms with E-state index < -0.39 is 6.04 Å². The zero-order valence-corrected chi connectivity index (χ0v) is 20.7. The molecule has 188 valence electrons. The summed E-state index contributed by atoms with van der Waals surface area (Å²) in [4.78, 5) is 30.2. The Bertz CT molecular complexity index is 1360. The molecule has 1 unspecified atom stereocenters. The van der Waals surface area contributed by atoms with E-state index in [1.54, 1.807) is 25.1 Å². The molecule has 0 radical (unpaired) electrons. The zero-order chi connectivity index (χ0) is 25.8. The lowest BCUT2D eigenvalue weighted by Crippen LogP contribution is -2.52. The van der Waals surface area contributed by atoms with Crippen LogP contribution in [-0.4, -0.2) is 51.7 Å². The van der Waals surface area contributed by atoms with Crippen molar-refractivity contribution in [2.45, 2.75) is 19.0 Å². The van der Waals surface area contributed by atoms with Gasteiger partial charge < -0.3 is 4.90 Å². The molecule has 5 rings (SSSR count). The standard InChI is InChI=1S/C30H29FN4O2/c1-22(35-28(36)17-16-27(32-35)23-12-14-26(31)15-13-23)30(37)34-20-18-33(19-21-34)29(24-8-4-2-5-9-24)25-10-6-3-7-11-25/h2-17,22,29H,18-21H2,1H3. The first kappa shape index (κ1) is 24.6. The Morgan fingerprint density at radius 3 is 1.92 bits per heavy atom. The average molecular weight is 497 g/mol. The van der Waals surface area contributed by atoms with E-state index in [-0.39, 0.29) is 23.3 Å². The number of amides is 1. The molecular formula is C30H29FN4O2. The third-order valence-corrected chi connectivity index (χ3v) is 6.91. The fourth-order valence-electron chi connectivity index (χ4n) is 4.93. The van der Waals surface area contributed by atoms with Crippen molar-refractivity contribution in [2.75, 3.05) is 26.2 Å². The van der Waals surface area contributed by atoms with Gasteiger partial charge >= 0.3 is 0 Å². The van der Waals surface area contributed by atoms with E-state index >= 15 is 0 Å². The Kier molecular flexibility index (Phi) is 7.23. The predicted molar refractivity (Wildman–Crippen MR) is 141 cm³/mol. The Morgan fingerprint density at radius 1 is 0.784 bits per heavy atom. The van der Waals surface area contributed by atoms with Crippen LogP contribution < -0.4 is 5.56 Å². The number of benzene rings is 3. The second-order valence-corrected chi connectivity index (χ2v) is 9.27. The van der Waals surface area contributed by atoms with Crippen LogP contribution in [-0.2, 0) is 4.79 Å². The first-order valence-corrected chi connectivity index (χ1v) is 12.5. The molecule has 0 bridgehead atoms. The van der Waals surface area contributed by atoms with Gasteiger partial charge in [-0.1, -0.05) is 60.7 Å². The van der Waals surface area contributed by atoms with Crippen molar-refractivity contribution < 1.29 is 9.18 Å². The minimum atomic E-state index is -0.751. The van der Waals surface area contributed by atoms with E-state index in [0.717, 1.165) is 0 Å². The normalized spacial score (nSPS) is 15.1. The highest BCUT2D eigenvalue weighted by Crippen LogP contribution is 2.29. The van der Waals surface area contributed by atoms with Gasteiger partial charge in [0.15, 0.2) is 0 Å². The Hall–Kier alpha value is -4.10. The summed E-state index contributed by atoms with van der Waals surface area (Å²) in [6.07, 6.45) is 0. The molecule has 0 saturated carbocycles. The van der Waals surface area contributed by atoms with Gasteiger partial charge in [0, 0.05) is 37.8 Å². The minimum Gasteiger partial charge on any atom is -0.338 e. The fourth-order valence-corrected chi connectivity index (χ4v) is 4.93. The van der Waals surface area contributed by atoms with Crippen molar-refractivity contribution in [1.29, 1.82) is 0 Å². The molecule has 37 heavy (non-hydrogen) atoms. The summed E-state index contributed by atoms with van der Waals surface area (Å²) in [6, 6.07) is 29.1. The minimum absolute atomic E-state index is 0.105. The number of rotatable bonds is 6. The Morgan fingerprint density at radius 2 is 1.35 bits per heavy atom. The first-order chi connectivity index (χ1) is 18.0. The number of hydrogen-bond acceptors (Lipinski definition) is 4. The fraction of sp³-hybridized carbons (Fsp3) is 0.233. The van der Waals surface area contributed by atoms with Crippen LogP contribution in [0.2, 0.25) is 0 Å². The van der Waals surface area contributed by atoms with E-state index in [2.05, 4.69) is 58.5 Å². The topological polar surface area (TPSA) is 58.4 Å². The number of carbonyl (C=O) groups excluding carboxylic acids is 1. The Labute approximate surface area is 215 Å². The molecule has 6 nitrogen and oxygen atoms in total. The smallest absolute Gasteiger partial charge is 0.267 e. The summed E-state index contributed by atoms with van der Waals surface area (Å²) in [6.45, 7) is 4.25. The van der Waals surface area contributed by atoms with Gasteiger partial charge in [-0.2, -0.15) is 5.10 Å². The summed E-state index contributed by atoms with van der Waals surface area (Å²) >= 11 is 0. The van der Waals surface area contributed by atoms with Crippen LogP contribution in [0, 0.1) is 5.82 Å². The maximum Gasteiger partial charge on any atom is 0.267 e. The molecule has 0 aliphatic carbocycles. The van der Waals surface area contributed by atoms with Crippen molar-refractivity contribution in [1.82, 2.24) is 19.6 Å². The van der Waals surface area contributed by atoms with Gasteiger partial charge in [-0.05, 0) is 48.4 Å². The molecule has 1 amide bonds.